The number of carbonyl (C=O) groups is 2. The lowest BCUT2D eigenvalue weighted by Gasteiger charge is -2.12. The Kier molecular flexibility index (Phi) is 7.29. The van der Waals surface area contributed by atoms with Gasteiger partial charge in [0.15, 0.2) is 11.6 Å². The van der Waals surface area contributed by atoms with E-state index in [0.717, 1.165) is 0 Å². The minimum atomic E-state index is -0.644. The number of esters is 1. The van der Waals surface area contributed by atoms with Gasteiger partial charge in [0, 0.05) is 23.5 Å². The maximum Gasteiger partial charge on any atom is 0.337 e. The number of hydrogen-bond donors (Lipinski definition) is 2. The maximum absolute atomic E-state index is 13.3. The standard InChI is InChI=1S/C28H20N8O5/c1-40-20-7-5-19(6-8-20)33-26(38)22-13-17-12-16(27(39)41-2)4-9-21(17)23(24(22)37)34-35-25-18(14-29)15-32-36(25)28-30-10-3-11-31-28/h3-13,15,37H,1-2H3,(H,33,38). The van der Waals surface area contributed by atoms with Crippen LogP contribution in [0.3, 0.4) is 0 Å². The Morgan fingerprint density at radius 2 is 1.80 bits per heavy atom. The zero-order valence-electron chi connectivity index (χ0n) is 21.6. The van der Waals surface area contributed by atoms with Gasteiger partial charge in [-0.1, -0.05) is 6.07 Å². The number of amides is 1. The van der Waals surface area contributed by atoms with Gasteiger partial charge in [0.1, 0.15) is 23.1 Å². The summed E-state index contributed by atoms with van der Waals surface area (Å²) in [6.45, 7) is 0. The fourth-order valence-corrected chi connectivity index (χ4v) is 3.93. The summed E-state index contributed by atoms with van der Waals surface area (Å²) in [6.07, 6.45) is 4.28. The highest BCUT2D eigenvalue weighted by Gasteiger charge is 2.21. The van der Waals surface area contributed by atoms with Crippen LogP contribution in [0.2, 0.25) is 0 Å². The lowest BCUT2D eigenvalue weighted by molar-refractivity contribution is 0.0600. The number of phenols is 1. The van der Waals surface area contributed by atoms with E-state index in [0.29, 0.717) is 22.2 Å². The third-order valence-electron chi connectivity index (χ3n) is 5.95. The van der Waals surface area contributed by atoms with Gasteiger partial charge in [0.05, 0.1) is 31.5 Å². The molecule has 0 spiro atoms. The SMILES string of the molecule is COC(=O)c1ccc2c(N=Nc3c(C#N)cnn3-c3ncccn3)c(O)c(C(=O)Nc3ccc(OC)cc3)cc2c1. The fourth-order valence-electron chi connectivity index (χ4n) is 3.93. The predicted octanol–water partition coefficient (Wildman–Crippen LogP) is 4.86. The Bertz CT molecular complexity index is 1840. The van der Waals surface area contributed by atoms with E-state index in [2.05, 4.69) is 30.6 Å². The van der Waals surface area contributed by atoms with Crippen molar-refractivity contribution >= 4 is 39.8 Å². The summed E-state index contributed by atoms with van der Waals surface area (Å²) in [5, 5.41) is 36.9. The number of benzene rings is 3. The smallest absolute Gasteiger partial charge is 0.337 e. The largest absolute Gasteiger partial charge is 0.505 e. The number of rotatable bonds is 7. The van der Waals surface area contributed by atoms with E-state index in [4.69, 9.17) is 9.47 Å². The molecule has 0 aliphatic carbocycles. The third kappa shape index (κ3) is 5.25. The van der Waals surface area contributed by atoms with E-state index >= 15 is 0 Å². The van der Waals surface area contributed by atoms with E-state index in [9.17, 15) is 20.0 Å². The average Bonchev–Trinajstić information content (AvgIpc) is 3.43. The molecule has 13 heteroatoms. The number of carbonyl (C=O) groups excluding carboxylic acids is 2. The van der Waals surface area contributed by atoms with E-state index < -0.39 is 17.6 Å². The molecule has 5 aromatic rings. The predicted molar refractivity (Wildman–Crippen MR) is 146 cm³/mol. The molecule has 202 valence electrons. The van der Waals surface area contributed by atoms with Gasteiger partial charge in [-0.3, -0.25) is 4.79 Å². The van der Waals surface area contributed by atoms with Crippen LogP contribution < -0.4 is 10.1 Å². The minimum Gasteiger partial charge on any atom is -0.505 e. The Morgan fingerprint density at radius 1 is 1.05 bits per heavy atom. The van der Waals surface area contributed by atoms with Crippen molar-refractivity contribution in [1.29, 1.82) is 5.26 Å². The van der Waals surface area contributed by atoms with Crippen molar-refractivity contribution in [1.82, 2.24) is 19.7 Å². The first kappa shape index (κ1) is 26.4. The summed E-state index contributed by atoms with van der Waals surface area (Å²) in [7, 11) is 2.78. The lowest BCUT2D eigenvalue weighted by Crippen LogP contribution is -2.12. The molecule has 2 heterocycles. The fraction of sp³-hybridized carbons (Fsp3) is 0.0714. The van der Waals surface area contributed by atoms with Gasteiger partial charge in [-0.05, 0) is 53.9 Å². The number of hydrogen-bond acceptors (Lipinski definition) is 11. The van der Waals surface area contributed by atoms with Gasteiger partial charge >= 0.3 is 5.97 Å². The van der Waals surface area contributed by atoms with E-state index in [-0.39, 0.29) is 34.1 Å². The van der Waals surface area contributed by atoms with E-state index in [1.807, 2.05) is 6.07 Å². The van der Waals surface area contributed by atoms with Crippen LogP contribution in [0.1, 0.15) is 26.3 Å². The van der Waals surface area contributed by atoms with Crippen molar-refractivity contribution in [2.24, 2.45) is 10.2 Å². The molecule has 0 fully saturated rings. The molecule has 1 amide bonds. The normalized spacial score (nSPS) is 10.9. The van der Waals surface area contributed by atoms with Gasteiger partial charge < -0.3 is 19.9 Å². The molecule has 0 unspecified atom stereocenters. The van der Waals surface area contributed by atoms with E-state index in [1.165, 1.54) is 55.7 Å². The van der Waals surface area contributed by atoms with Crippen LogP contribution in [0.25, 0.3) is 16.7 Å². The van der Waals surface area contributed by atoms with Gasteiger partial charge in [-0.25, -0.2) is 14.8 Å². The molecule has 5 rings (SSSR count). The number of fused-ring (bicyclic) bond motifs is 1. The number of methoxy groups -OCH3 is 2. The molecule has 0 bridgehead atoms. The first-order chi connectivity index (χ1) is 19.9. The highest BCUT2D eigenvalue weighted by atomic mass is 16.5. The molecule has 3 aromatic carbocycles. The van der Waals surface area contributed by atoms with Crippen LogP contribution in [0.4, 0.5) is 17.2 Å². The summed E-state index contributed by atoms with van der Waals surface area (Å²) in [5.74, 6) is -0.948. The monoisotopic (exact) mass is 548 g/mol. The first-order valence-electron chi connectivity index (χ1n) is 11.9. The molecule has 41 heavy (non-hydrogen) atoms. The van der Waals surface area contributed by atoms with Gasteiger partial charge in [-0.15, -0.1) is 10.2 Å². The number of azo groups is 1. The molecule has 0 saturated heterocycles. The lowest BCUT2D eigenvalue weighted by atomic mass is 10.0. The van der Waals surface area contributed by atoms with Crippen molar-refractivity contribution in [2.45, 2.75) is 0 Å². The molecule has 2 N–H and O–H groups in total. The molecule has 2 aromatic heterocycles. The Labute approximate surface area is 232 Å². The second-order valence-electron chi connectivity index (χ2n) is 8.39. The zero-order chi connectivity index (χ0) is 28.9. The molecule has 0 atom stereocenters. The van der Waals surface area contributed by atoms with Crippen molar-refractivity contribution in [3.63, 3.8) is 0 Å². The summed E-state index contributed by atoms with van der Waals surface area (Å²) >= 11 is 0. The highest BCUT2D eigenvalue weighted by molar-refractivity contribution is 6.12. The van der Waals surface area contributed by atoms with Crippen LogP contribution in [0.15, 0.2) is 83.4 Å². The second kappa shape index (κ2) is 11.3. The summed E-state index contributed by atoms with van der Waals surface area (Å²) < 4.78 is 11.2. The van der Waals surface area contributed by atoms with Crippen LogP contribution >= 0.6 is 0 Å². The maximum atomic E-state index is 13.3. The van der Waals surface area contributed by atoms with Crippen LogP contribution in [0, 0.1) is 11.3 Å². The molecule has 0 radical (unpaired) electrons. The molecular formula is C28H20N8O5. The second-order valence-corrected chi connectivity index (χ2v) is 8.39. The van der Waals surface area contributed by atoms with Crippen LogP contribution in [-0.2, 0) is 4.74 Å². The number of phenolic OH excluding ortho intramolecular Hbond substituents is 1. The van der Waals surface area contributed by atoms with Gasteiger partial charge in [-0.2, -0.15) is 15.0 Å². The molecule has 0 aliphatic rings. The molecule has 0 aliphatic heterocycles. The number of ether oxygens (including phenoxy) is 2. The average molecular weight is 549 g/mol. The van der Waals surface area contributed by atoms with Gasteiger partial charge in [0.25, 0.3) is 11.9 Å². The summed E-state index contributed by atoms with van der Waals surface area (Å²) in [6, 6.07) is 16.2. The Balaban J connectivity index is 1.64. The molecule has 0 saturated carbocycles. The number of nitrogens with zero attached hydrogens (tertiary/aromatic N) is 7. The van der Waals surface area contributed by atoms with Crippen molar-refractivity contribution in [3.05, 3.63) is 89.9 Å². The third-order valence-corrected chi connectivity index (χ3v) is 5.95. The molecular weight excluding hydrogens is 528 g/mol. The number of nitrogens with one attached hydrogen (secondary N) is 1. The van der Waals surface area contributed by atoms with E-state index in [1.54, 1.807) is 36.4 Å². The van der Waals surface area contributed by atoms with Crippen molar-refractivity contribution in [2.75, 3.05) is 19.5 Å². The summed E-state index contributed by atoms with van der Waals surface area (Å²) in [5.41, 5.74) is 0.536. The van der Waals surface area contributed by atoms with Crippen molar-refractivity contribution < 1.29 is 24.2 Å². The zero-order valence-corrected chi connectivity index (χ0v) is 21.6. The van der Waals surface area contributed by atoms with Gasteiger partial charge in [0.2, 0.25) is 0 Å². The Hall–Kier alpha value is -6.16. The minimum absolute atomic E-state index is 0.00511. The number of anilines is 1. The highest BCUT2D eigenvalue weighted by Crippen LogP contribution is 2.40. The summed E-state index contributed by atoms with van der Waals surface area (Å²) in [4.78, 5) is 33.7. The Morgan fingerprint density at radius 3 is 2.49 bits per heavy atom. The van der Waals surface area contributed by atoms with Crippen LogP contribution in [0.5, 0.6) is 11.5 Å². The molecule has 13 nitrogen and oxygen atoms in total. The first-order valence-corrected chi connectivity index (χ1v) is 11.9. The topological polar surface area (TPSA) is 177 Å². The number of aromatic nitrogens is 4. The number of nitriles is 1. The number of aromatic hydroxyl groups is 1. The quantitative estimate of drug-likeness (QED) is 0.212. The van der Waals surface area contributed by atoms with Crippen LogP contribution in [-0.4, -0.2) is 51.0 Å². The van der Waals surface area contributed by atoms with Crippen molar-refractivity contribution in [3.8, 4) is 23.5 Å².